The Morgan fingerprint density at radius 2 is 2.14 bits per heavy atom. The Hall–Kier alpha value is -1.31. The lowest BCUT2D eigenvalue weighted by Gasteiger charge is -1.92. The van der Waals surface area contributed by atoms with E-state index in [-0.39, 0.29) is 5.97 Å². The fourth-order valence-corrected chi connectivity index (χ4v) is 1.55. The van der Waals surface area contributed by atoms with Crippen LogP contribution in [0.3, 0.4) is 0 Å². The molecule has 0 fully saturated rings. The lowest BCUT2D eigenvalue weighted by atomic mass is 10.2. The minimum atomic E-state index is -0.174. The number of hydrogen-bond donors (Lipinski definition) is 0. The highest BCUT2D eigenvalue weighted by atomic mass is 32.1. The number of ether oxygens (including phenoxy) is 1. The van der Waals surface area contributed by atoms with Crippen molar-refractivity contribution >= 4 is 17.1 Å². The van der Waals surface area contributed by atoms with Gasteiger partial charge in [0.05, 0.1) is 13.5 Å². The molecule has 1 rings (SSSR count). The maximum absolute atomic E-state index is 10.8. The summed E-state index contributed by atoms with van der Waals surface area (Å²) in [5, 5.41) is 3.13. The first-order valence-electron chi connectivity index (χ1n) is 4.32. The minimum absolute atomic E-state index is 0.174. The van der Waals surface area contributed by atoms with Gasteiger partial charge in [-0.1, -0.05) is 23.4 Å². The third-order valence-corrected chi connectivity index (χ3v) is 2.39. The Kier molecular flexibility index (Phi) is 4.76. The molecule has 2 nitrogen and oxygen atoms in total. The van der Waals surface area contributed by atoms with Crippen LogP contribution in [0.2, 0.25) is 0 Å². The fraction of sp³-hybridized carbons (Fsp3) is 0.273. The van der Waals surface area contributed by atoms with Gasteiger partial charge in [0.1, 0.15) is 0 Å². The van der Waals surface area contributed by atoms with Gasteiger partial charge in [-0.25, -0.2) is 0 Å². The second-order valence-electron chi connectivity index (χ2n) is 2.64. The summed E-state index contributed by atoms with van der Waals surface area (Å²) in [7, 11) is 1.40. The van der Waals surface area contributed by atoms with E-state index in [2.05, 4.69) is 9.92 Å². The van der Waals surface area contributed by atoms with Crippen molar-refractivity contribution < 1.29 is 9.53 Å². The van der Waals surface area contributed by atoms with Crippen molar-refractivity contribution in [2.45, 2.75) is 6.42 Å². The van der Waals surface area contributed by atoms with Gasteiger partial charge in [0, 0.05) is 11.3 Å². The molecule has 0 aliphatic heterocycles. The molecule has 0 spiro atoms. The van der Waals surface area contributed by atoms with E-state index < -0.39 is 0 Å². The molecule has 0 aromatic heterocycles. The Bertz CT molecular complexity index is 349. The van der Waals surface area contributed by atoms with Crippen LogP contribution in [0.25, 0.3) is 0 Å². The van der Waals surface area contributed by atoms with Crippen LogP contribution < -0.4 is 0 Å². The smallest absolute Gasteiger partial charge is 0.306 e. The van der Waals surface area contributed by atoms with E-state index >= 15 is 0 Å². The lowest BCUT2D eigenvalue weighted by molar-refractivity contribution is -0.140. The molecule has 0 aliphatic carbocycles. The van der Waals surface area contributed by atoms with Gasteiger partial charge in [-0.05, 0) is 12.1 Å². The van der Waals surface area contributed by atoms with Gasteiger partial charge < -0.3 is 4.74 Å². The quantitative estimate of drug-likeness (QED) is 0.697. The van der Waals surface area contributed by atoms with Gasteiger partial charge in [0.25, 0.3) is 0 Å². The van der Waals surface area contributed by atoms with E-state index in [4.69, 9.17) is 0 Å². The van der Waals surface area contributed by atoms with Gasteiger partial charge in [0.15, 0.2) is 0 Å². The van der Waals surface area contributed by atoms with Crippen molar-refractivity contribution in [2.24, 2.45) is 0 Å². The van der Waals surface area contributed by atoms with Crippen molar-refractivity contribution in [2.75, 3.05) is 12.9 Å². The van der Waals surface area contributed by atoms with Gasteiger partial charge >= 0.3 is 5.97 Å². The van der Waals surface area contributed by atoms with Crippen LogP contribution in [0.1, 0.15) is 12.0 Å². The average molecular weight is 208 g/mol. The van der Waals surface area contributed by atoms with Crippen molar-refractivity contribution in [3.8, 4) is 5.18 Å². The summed E-state index contributed by atoms with van der Waals surface area (Å²) in [6.07, 6.45) is 0.432. The molecule has 0 heterocycles. The van der Waals surface area contributed by atoms with Crippen molar-refractivity contribution in [3.05, 3.63) is 35.9 Å². The number of rotatable bonds is 2. The molecule has 14 heavy (non-hydrogen) atoms. The van der Waals surface area contributed by atoms with Crippen LogP contribution in [-0.2, 0) is 9.53 Å². The first-order chi connectivity index (χ1) is 6.83. The molecule has 0 atom stereocenters. The lowest BCUT2D eigenvalue weighted by Crippen LogP contribution is -1.99. The van der Waals surface area contributed by atoms with Crippen LogP contribution in [-0.4, -0.2) is 18.8 Å². The number of methoxy groups -OCH3 is 1. The molecular weight excluding hydrogens is 196 g/mol. The molecule has 1 aromatic carbocycles. The first-order valence-corrected chi connectivity index (χ1v) is 5.31. The summed E-state index contributed by atoms with van der Waals surface area (Å²) < 4.78 is 4.52. The fourth-order valence-electron chi connectivity index (χ4n) is 0.877. The van der Waals surface area contributed by atoms with Crippen LogP contribution >= 0.6 is 11.2 Å². The van der Waals surface area contributed by atoms with E-state index in [9.17, 15) is 4.79 Å². The van der Waals surface area contributed by atoms with E-state index in [0.717, 1.165) is 5.56 Å². The maximum atomic E-state index is 10.8. The Balaban J connectivity index is 2.38. The summed E-state index contributed by atoms with van der Waals surface area (Å²) in [6, 6.07) is 9.84. The van der Waals surface area contributed by atoms with Crippen LogP contribution in [0, 0.1) is 5.18 Å². The highest BCUT2D eigenvalue weighted by Crippen LogP contribution is 1.98. The zero-order valence-corrected chi connectivity index (χ0v) is 8.84. The van der Waals surface area contributed by atoms with Crippen LogP contribution in [0.15, 0.2) is 30.3 Å². The molecule has 0 amide bonds. The molecule has 74 valence electrons. The standard InChI is InChI=1S/C11H12O2S/c1-13-11(12)7-8-14-9-10-5-3-2-4-6-10/h2-6H,7-8H2,1H3. The van der Waals surface area contributed by atoms with Crippen LogP contribution in [0.5, 0.6) is 0 Å². The summed E-state index contributed by atoms with van der Waals surface area (Å²) >= 11 is 1.50. The van der Waals surface area contributed by atoms with Crippen LogP contribution in [0.4, 0.5) is 0 Å². The molecule has 0 aliphatic rings. The van der Waals surface area contributed by atoms with Crippen molar-refractivity contribution in [3.63, 3.8) is 0 Å². The number of carbonyl (C=O) groups is 1. The van der Waals surface area contributed by atoms with Crippen molar-refractivity contribution in [1.82, 2.24) is 0 Å². The molecule has 0 bridgehead atoms. The Labute approximate surface area is 87.5 Å². The second-order valence-corrected chi connectivity index (χ2v) is 3.54. The van der Waals surface area contributed by atoms with Gasteiger partial charge in [-0.3, -0.25) is 4.79 Å². The predicted molar refractivity (Wildman–Crippen MR) is 58.5 cm³/mol. The number of hydrogen-bond acceptors (Lipinski definition) is 2. The maximum Gasteiger partial charge on any atom is 0.306 e. The first kappa shape index (κ1) is 10.8. The topological polar surface area (TPSA) is 26.3 Å². The molecule has 0 saturated heterocycles. The number of esters is 1. The van der Waals surface area contributed by atoms with Gasteiger partial charge in [-0.15, -0.1) is 11.2 Å². The Morgan fingerprint density at radius 3 is 2.79 bits per heavy atom. The average Bonchev–Trinajstić information content (AvgIpc) is 2.25. The number of carbonyl (C=O) groups excluding carboxylic acids is 1. The largest absolute Gasteiger partial charge is 0.469 e. The molecule has 3 heteroatoms. The van der Waals surface area contributed by atoms with Gasteiger partial charge in [0.2, 0.25) is 0 Å². The molecular formula is C11H12O2S. The molecule has 0 unspecified atom stereocenters. The zero-order valence-electron chi connectivity index (χ0n) is 8.03. The monoisotopic (exact) mass is 208 g/mol. The SMILES string of the molecule is COC(=O)CCS#Cc1ccccc1. The predicted octanol–water partition coefficient (Wildman–Crippen LogP) is 2.29. The minimum Gasteiger partial charge on any atom is -0.469 e. The molecule has 0 radical (unpaired) electrons. The normalized spacial score (nSPS) is 8.93. The molecule has 0 N–H and O–H groups in total. The molecule has 0 saturated carbocycles. The second kappa shape index (κ2) is 6.19. The van der Waals surface area contributed by atoms with E-state index in [1.54, 1.807) is 0 Å². The highest BCUT2D eigenvalue weighted by molar-refractivity contribution is 7.88. The highest BCUT2D eigenvalue weighted by Gasteiger charge is 1.95. The van der Waals surface area contributed by atoms with E-state index in [1.165, 1.54) is 18.3 Å². The third kappa shape index (κ3) is 4.08. The summed E-state index contributed by atoms with van der Waals surface area (Å²) in [4.78, 5) is 10.8. The van der Waals surface area contributed by atoms with Crippen molar-refractivity contribution in [1.29, 1.82) is 0 Å². The summed E-state index contributed by atoms with van der Waals surface area (Å²) in [5.41, 5.74) is 1.04. The van der Waals surface area contributed by atoms with Gasteiger partial charge in [-0.2, -0.15) is 0 Å². The Morgan fingerprint density at radius 1 is 1.43 bits per heavy atom. The number of benzene rings is 1. The van der Waals surface area contributed by atoms with E-state index in [0.29, 0.717) is 12.2 Å². The third-order valence-electron chi connectivity index (χ3n) is 1.60. The summed E-state index contributed by atoms with van der Waals surface area (Å²) in [5.74, 6) is 0.536. The zero-order chi connectivity index (χ0) is 10.2. The molecule has 1 aromatic rings. The summed E-state index contributed by atoms with van der Waals surface area (Å²) in [6.45, 7) is 0. The van der Waals surface area contributed by atoms with E-state index in [1.807, 2.05) is 30.3 Å².